The SMILES string of the molecule is Cc1nc(C2CN(C3CCN(C(=O)/C=C/CN(C)C)CC3)C2)cc2c1OCc1c(-c3cnn(C)c3)ccnc1N2. The number of fused-ring (bicyclic) bond motifs is 2. The Labute approximate surface area is 235 Å². The molecule has 10 heteroatoms. The van der Waals surface area contributed by atoms with Crippen molar-refractivity contribution in [3.8, 4) is 16.9 Å². The summed E-state index contributed by atoms with van der Waals surface area (Å²) in [6, 6.07) is 4.68. The maximum atomic E-state index is 12.5. The van der Waals surface area contributed by atoms with Crippen LogP contribution in [0.15, 0.2) is 42.9 Å². The fourth-order valence-corrected chi connectivity index (χ4v) is 5.94. The molecule has 1 N–H and O–H groups in total. The average molecular weight is 543 g/mol. The molecule has 3 aromatic rings. The molecule has 0 spiro atoms. The van der Waals surface area contributed by atoms with Gasteiger partial charge in [-0.05, 0) is 51.6 Å². The van der Waals surface area contributed by atoms with Crippen LogP contribution in [0, 0.1) is 6.92 Å². The molecule has 3 aliphatic heterocycles. The number of anilines is 2. The highest BCUT2D eigenvalue weighted by Gasteiger charge is 2.37. The van der Waals surface area contributed by atoms with Crippen molar-refractivity contribution < 1.29 is 9.53 Å². The van der Waals surface area contributed by atoms with Gasteiger partial charge >= 0.3 is 0 Å². The first-order valence-corrected chi connectivity index (χ1v) is 14.1. The van der Waals surface area contributed by atoms with Crippen LogP contribution >= 0.6 is 0 Å². The third-order valence-corrected chi connectivity index (χ3v) is 8.20. The molecule has 3 aromatic heterocycles. The second-order valence-electron chi connectivity index (χ2n) is 11.4. The van der Waals surface area contributed by atoms with Crippen molar-refractivity contribution in [2.45, 2.75) is 38.3 Å². The van der Waals surface area contributed by atoms with Crippen molar-refractivity contribution in [3.63, 3.8) is 0 Å². The van der Waals surface area contributed by atoms with Crippen molar-refractivity contribution >= 4 is 17.4 Å². The molecular weight excluding hydrogens is 504 g/mol. The zero-order valence-corrected chi connectivity index (χ0v) is 23.8. The monoisotopic (exact) mass is 542 g/mol. The zero-order valence-electron chi connectivity index (χ0n) is 23.8. The number of ether oxygens (including phenoxy) is 1. The number of rotatable bonds is 6. The first-order chi connectivity index (χ1) is 19.4. The molecular formula is C30H38N8O2. The number of pyridine rings is 2. The number of amides is 1. The molecule has 3 aliphatic rings. The molecule has 0 saturated carbocycles. The summed E-state index contributed by atoms with van der Waals surface area (Å²) in [6.07, 6.45) is 11.4. The summed E-state index contributed by atoms with van der Waals surface area (Å²) in [5, 5.41) is 7.88. The fourth-order valence-electron chi connectivity index (χ4n) is 5.94. The van der Waals surface area contributed by atoms with Gasteiger partial charge in [-0.3, -0.25) is 19.4 Å². The Morgan fingerprint density at radius 2 is 2.05 bits per heavy atom. The summed E-state index contributed by atoms with van der Waals surface area (Å²) in [6.45, 7) is 6.85. The van der Waals surface area contributed by atoms with Crippen LogP contribution in [-0.4, -0.2) is 93.2 Å². The summed E-state index contributed by atoms with van der Waals surface area (Å²) >= 11 is 0. The van der Waals surface area contributed by atoms with E-state index in [9.17, 15) is 4.79 Å². The van der Waals surface area contributed by atoms with Gasteiger partial charge in [-0.15, -0.1) is 0 Å². The predicted molar refractivity (Wildman–Crippen MR) is 155 cm³/mol. The highest BCUT2D eigenvalue weighted by molar-refractivity contribution is 5.87. The average Bonchev–Trinajstić information content (AvgIpc) is 3.24. The molecule has 0 unspecified atom stereocenters. The van der Waals surface area contributed by atoms with Crippen LogP contribution < -0.4 is 10.1 Å². The molecule has 2 fully saturated rings. The minimum atomic E-state index is 0.129. The first-order valence-electron chi connectivity index (χ1n) is 14.1. The Bertz CT molecular complexity index is 1420. The highest BCUT2D eigenvalue weighted by Crippen LogP contribution is 2.41. The van der Waals surface area contributed by atoms with Crippen molar-refractivity contribution in [2.24, 2.45) is 7.05 Å². The third-order valence-electron chi connectivity index (χ3n) is 8.20. The van der Waals surface area contributed by atoms with E-state index in [4.69, 9.17) is 9.72 Å². The molecule has 40 heavy (non-hydrogen) atoms. The third kappa shape index (κ3) is 5.33. The van der Waals surface area contributed by atoms with Gasteiger partial charge < -0.3 is 19.9 Å². The minimum Gasteiger partial charge on any atom is -0.485 e. The lowest BCUT2D eigenvalue weighted by Crippen LogP contribution is -2.54. The summed E-state index contributed by atoms with van der Waals surface area (Å²) in [5.41, 5.74) is 6.03. The number of likely N-dealkylation sites (N-methyl/N-ethyl adjacent to an activating group) is 1. The summed E-state index contributed by atoms with van der Waals surface area (Å²) in [5.74, 6) is 2.11. The van der Waals surface area contributed by atoms with Crippen molar-refractivity contribution in [1.82, 2.24) is 34.4 Å². The fraction of sp³-hybridized carbons (Fsp3) is 0.467. The lowest BCUT2D eigenvalue weighted by Gasteiger charge is -2.47. The van der Waals surface area contributed by atoms with Crippen molar-refractivity contribution in [1.29, 1.82) is 0 Å². The van der Waals surface area contributed by atoms with E-state index in [0.717, 1.165) is 90.9 Å². The maximum absolute atomic E-state index is 12.5. The molecule has 6 heterocycles. The van der Waals surface area contributed by atoms with Crippen LogP contribution in [-0.2, 0) is 18.4 Å². The Morgan fingerprint density at radius 3 is 2.77 bits per heavy atom. The van der Waals surface area contributed by atoms with E-state index in [1.54, 1.807) is 10.8 Å². The number of hydrogen-bond donors (Lipinski definition) is 1. The molecule has 0 aliphatic carbocycles. The van der Waals surface area contributed by atoms with E-state index < -0.39 is 0 Å². The number of aryl methyl sites for hydroxylation is 2. The molecule has 210 valence electrons. The topological polar surface area (TPSA) is 91.7 Å². The molecule has 2 saturated heterocycles. The standard InChI is InChI=1S/C30H38N8O2/c1-20-29-27(34-30-25(19-40-29)24(7-10-31-30)21-15-32-36(4)16-21)14-26(33-20)22-17-38(18-22)23-8-12-37(13-9-23)28(39)6-5-11-35(2)3/h5-7,10,14-16,22-23H,8-9,11-13,17-19H2,1-4H3,(H,31,34)/b6-5+. The first kappa shape index (κ1) is 26.5. The molecule has 1 amide bonds. The van der Waals surface area contributed by atoms with Gasteiger partial charge in [0.1, 0.15) is 12.4 Å². The second kappa shape index (κ2) is 11.0. The van der Waals surface area contributed by atoms with E-state index in [2.05, 4.69) is 31.3 Å². The largest absolute Gasteiger partial charge is 0.485 e. The predicted octanol–water partition coefficient (Wildman–Crippen LogP) is 3.33. The summed E-state index contributed by atoms with van der Waals surface area (Å²) in [4.78, 5) is 28.7. The zero-order chi connectivity index (χ0) is 27.8. The number of carbonyl (C=O) groups is 1. The Kier molecular flexibility index (Phi) is 7.29. The molecule has 0 bridgehead atoms. The van der Waals surface area contributed by atoms with Gasteiger partial charge in [0, 0.05) is 87.0 Å². The van der Waals surface area contributed by atoms with E-state index in [1.807, 2.05) is 63.7 Å². The van der Waals surface area contributed by atoms with E-state index in [1.165, 1.54) is 0 Å². The van der Waals surface area contributed by atoms with Crippen LogP contribution in [0.1, 0.15) is 35.7 Å². The van der Waals surface area contributed by atoms with Crippen LogP contribution in [0.25, 0.3) is 11.1 Å². The number of carbonyl (C=O) groups excluding carboxylic acids is 1. The van der Waals surface area contributed by atoms with E-state index in [0.29, 0.717) is 18.6 Å². The number of nitrogens with zero attached hydrogens (tertiary/aromatic N) is 7. The van der Waals surface area contributed by atoms with Gasteiger partial charge in [-0.25, -0.2) is 4.98 Å². The van der Waals surface area contributed by atoms with Gasteiger partial charge in [0.05, 0.1) is 17.6 Å². The molecule has 0 aromatic carbocycles. The second-order valence-corrected chi connectivity index (χ2v) is 11.4. The molecule has 0 radical (unpaired) electrons. The van der Waals surface area contributed by atoms with Gasteiger partial charge in [0.2, 0.25) is 5.91 Å². The van der Waals surface area contributed by atoms with Gasteiger partial charge in [0.25, 0.3) is 0 Å². The Balaban J connectivity index is 1.09. The minimum absolute atomic E-state index is 0.129. The van der Waals surface area contributed by atoms with Crippen LogP contribution in [0.3, 0.4) is 0 Å². The number of aromatic nitrogens is 4. The molecule has 6 rings (SSSR count). The number of piperidine rings is 1. The lowest BCUT2D eigenvalue weighted by atomic mass is 9.90. The maximum Gasteiger partial charge on any atom is 0.246 e. The van der Waals surface area contributed by atoms with Crippen LogP contribution in [0.5, 0.6) is 5.75 Å². The Hall–Kier alpha value is -3.76. The van der Waals surface area contributed by atoms with E-state index >= 15 is 0 Å². The van der Waals surface area contributed by atoms with Gasteiger partial charge in [-0.2, -0.15) is 5.10 Å². The smallest absolute Gasteiger partial charge is 0.246 e. The summed E-state index contributed by atoms with van der Waals surface area (Å²) < 4.78 is 8.10. The van der Waals surface area contributed by atoms with E-state index in [-0.39, 0.29) is 5.91 Å². The Morgan fingerprint density at radius 1 is 1.25 bits per heavy atom. The highest BCUT2D eigenvalue weighted by atomic mass is 16.5. The molecule has 10 nitrogen and oxygen atoms in total. The summed E-state index contributed by atoms with van der Waals surface area (Å²) in [7, 11) is 5.93. The van der Waals surface area contributed by atoms with Crippen molar-refractivity contribution in [2.75, 3.05) is 52.1 Å². The van der Waals surface area contributed by atoms with Gasteiger partial charge in [0.15, 0.2) is 5.75 Å². The van der Waals surface area contributed by atoms with Crippen LogP contribution in [0.4, 0.5) is 11.5 Å². The normalized spacial score (nSPS) is 18.2. The molecule has 0 atom stereocenters. The van der Waals surface area contributed by atoms with Crippen molar-refractivity contribution in [3.05, 3.63) is 59.8 Å². The van der Waals surface area contributed by atoms with Crippen LogP contribution in [0.2, 0.25) is 0 Å². The number of hydrogen-bond acceptors (Lipinski definition) is 8. The quantitative estimate of drug-likeness (QED) is 0.475. The number of nitrogens with one attached hydrogen (secondary N) is 1. The van der Waals surface area contributed by atoms with Gasteiger partial charge in [-0.1, -0.05) is 6.08 Å². The lowest BCUT2D eigenvalue weighted by molar-refractivity contribution is -0.127. The number of likely N-dealkylation sites (tertiary alicyclic amines) is 2.